The molecule has 0 heterocycles. The van der Waals surface area contributed by atoms with Crippen LogP contribution in [0.1, 0.15) is 42.3 Å². The summed E-state index contributed by atoms with van der Waals surface area (Å²) in [6, 6.07) is 5.64. The van der Waals surface area contributed by atoms with E-state index in [0.717, 1.165) is 11.1 Å². The minimum Gasteiger partial charge on any atom is -0.456 e. The van der Waals surface area contributed by atoms with E-state index in [1.807, 2.05) is 39.8 Å². The predicted molar refractivity (Wildman–Crippen MR) is 86.6 cm³/mol. The van der Waals surface area contributed by atoms with Crippen molar-refractivity contribution in [3.8, 4) is 11.5 Å². The summed E-state index contributed by atoms with van der Waals surface area (Å²) >= 11 is 0. The number of carbonyl (C=O) groups is 1. The highest BCUT2D eigenvalue weighted by Crippen LogP contribution is 2.16. The van der Waals surface area contributed by atoms with Crippen LogP contribution in [0.4, 0.5) is 0 Å². The topological polar surface area (TPSA) is 26.3 Å². The van der Waals surface area contributed by atoms with E-state index in [2.05, 4.69) is 31.1 Å². The van der Waals surface area contributed by atoms with Crippen LogP contribution in [0.15, 0.2) is 18.2 Å². The number of benzene rings is 1. The number of hydrogen-bond donors (Lipinski definition) is 0. The molecule has 0 amide bonds. The van der Waals surface area contributed by atoms with E-state index in [9.17, 15) is 4.79 Å². The number of rotatable bonds is 1. The van der Waals surface area contributed by atoms with Crippen LogP contribution in [0.2, 0.25) is 19.6 Å². The summed E-state index contributed by atoms with van der Waals surface area (Å²) in [6.07, 6.45) is 0. The van der Waals surface area contributed by atoms with Gasteiger partial charge in [0.2, 0.25) is 0 Å². The Morgan fingerprint density at radius 2 is 1.80 bits per heavy atom. The van der Waals surface area contributed by atoms with Crippen molar-refractivity contribution in [2.45, 2.75) is 52.9 Å². The van der Waals surface area contributed by atoms with E-state index in [0.29, 0.717) is 5.56 Å². The molecule has 0 radical (unpaired) electrons. The van der Waals surface area contributed by atoms with E-state index in [1.54, 1.807) is 6.07 Å². The molecule has 108 valence electrons. The SMILES string of the molecule is Cc1cc(C#C[Si](C)(C)C)ccc1C(=O)OC(C)(C)C. The van der Waals surface area contributed by atoms with Crippen LogP contribution in [0.25, 0.3) is 0 Å². The van der Waals surface area contributed by atoms with Crippen LogP contribution < -0.4 is 0 Å². The number of ether oxygens (including phenoxy) is 1. The molecular formula is C17H24O2Si. The maximum absolute atomic E-state index is 12.1. The molecule has 1 rings (SSSR count). The summed E-state index contributed by atoms with van der Waals surface area (Å²) in [5.41, 5.74) is 5.32. The Morgan fingerprint density at radius 1 is 1.20 bits per heavy atom. The lowest BCUT2D eigenvalue weighted by atomic mass is 10.1. The average molecular weight is 288 g/mol. The molecule has 0 spiro atoms. The fourth-order valence-electron chi connectivity index (χ4n) is 1.56. The van der Waals surface area contributed by atoms with E-state index in [1.165, 1.54) is 0 Å². The van der Waals surface area contributed by atoms with E-state index in [4.69, 9.17) is 4.74 Å². The second-order valence-corrected chi connectivity index (χ2v) is 11.8. The van der Waals surface area contributed by atoms with Crippen molar-refractivity contribution in [1.29, 1.82) is 0 Å². The van der Waals surface area contributed by atoms with Crippen molar-refractivity contribution in [3.05, 3.63) is 34.9 Å². The van der Waals surface area contributed by atoms with E-state index in [-0.39, 0.29) is 5.97 Å². The summed E-state index contributed by atoms with van der Waals surface area (Å²) in [6.45, 7) is 14.2. The fraction of sp³-hybridized carbons (Fsp3) is 0.471. The van der Waals surface area contributed by atoms with Gasteiger partial charge in [-0.25, -0.2) is 4.79 Å². The summed E-state index contributed by atoms with van der Waals surface area (Å²) in [4.78, 5) is 12.1. The maximum Gasteiger partial charge on any atom is 0.338 e. The van der Waals surface area contributed by atoms with Crippen molar-refractivity contribution in [3.63, 3.8) is 0 Å². The first kappa shape index (κ1) is 16.5. The van der Waals surface area contributed by atoms with Gasteiger partial charge in [0, 0.05) is 5.56 Å². The normalized spacial score (nSPS) is 11.6. The Hall–Kier alpha value is -1.53. The van der Waals surface area contributed by atoms with Gasteiger partial charge in [0.15, 0.2) is 0 Å². The Labute approximate surface area is 123 Å². The third-order valence-electron chi connectivity index (χ3n) is 2.43. The Kier molecular flexibility index (Phi) is 4.83. The quantitative estimate of drug-likeness (QED) is 0.440. The molecule has 0 aliphatic heterocycles. The molecule has 0 bridgehead atoms. The summed E-state index contributed by atoms with van der Waals surface area (Å²) in [5, 5.41) is 0. The van der Waals surface area contributed by atoms with Gasteiger partial charge in [0.25, 0.3) is 0 Å². The van der Waals surface area contributed by atoms with Crippen molar-refractivity contribution in [1.82, 2.24) is 0 Å². The summed E-state index contributed by atoms with van der Waals surface area (Å²) in [7, 11) is -1.38. The zero-order chi connectivity index (χ0) is 15.6. The highest BCUT2D eigenvalue weighted by atomic mass is 28.3. The molecular weight excluding hydrogens is 264 g/mol. The second kappa shape index (κ2) is 5.84. The first-order valence-electron chi connectivity index (χ1n) is 6.85. The van der Waals surface area contributed by atoms with Gasteiger partial charge >= 0.3 is 5.97 Å². The van der Waals surface area contributed by atoms with Gasteiger partial charge in [-0.05, 0) is 51.5 Å². The summed E-state index contributed by atoms with van der Waals surface area (Å²) < 4.78 is 5.39. The predicted octanol–water partition coefficient (Wildman–Crippen LogP) is 4.18. The van der Waals surface area contributed by atoms with Crippen molar-refractivity contribution < 1.29 is 9.53 Å². The number of aryl methyl sites for hydroxylation is 1. The fourth-order valence-corrected chi connectivity index (χ4v) is 2.08. The highest BCUT2D eigenvalue weighted by Gasteiger charge is 2.19. The largest absolute Gasteiger partial charge is 0.456 e. The Balaban J connectivity index is 2.99. The van der Waals surface area contributed by atoms with Crippen LogP contribution in [0.5, 0.6) is 0 Å². The maximum atomic E-state index is 12.1. The first-order valence-corrected chi connectivity index (χ1v) is 10.4. The molecule has 0 aliphatic carbocycles. The minimum absolute atomic E-state index is 0.278. The highest BCUT2D eigenvalue weighted by molar-refractivity contribution is 6.83. The van der Waals surface area contributed by atoms with Gasteiger partial charge in [0.05, 0.1) is 5.56 Å². The molecule has 0 aromatic heterocycles. The zero-order valence-corrected chi connectivity index (χ0v) is 14.5. The second-order valence-electron chi connectivity index (χ2n) is 7.03. The third kappa shape index (κ3) is 5.62. The molecule has 0 aliphatic rings. The zero-order valence-electron chi connectivity index (χ0n) is 13.5. The van der Waals surface area contributed by atoms with Gasteiger partial charge in [-0.3, -0.25) is 0 Å². The van der Waals surface area contributed by atoms with Crippen LogP contribution in [-0.2, 0) is 4.74 Å². The number of carbonyl (C=O) groups excluding carboxylic acids is 1. The first-order chi connectivity index (χ1) is 8.98. The van der Waals surface area contributed by atoms with Crippen molar-refractivity contribution in [2.24, 2.45) is 0 Å². The number of esters is 1. The van der Waals surface area contributed by atoms with Gasteiger partial charge in [-0.15, -0.1) is 5.54 Å². The number of hydrogen-bond acceptors (Lipinski definition) is 2. The van der Waals surface area contributed by atoms with E-state index < -0.39 is 13.7 Å². The van der Waals surface area contributed by atoms with Crippen LogP contribution in [0.3, 0.4) is 0 Å². The van der Waals surface area contributed by atoms with E-state index >= 15 is 0 Å². The molecule has 1 aromatic carbocycles. The Morgan fingerprint density at radius 3 is 2.25 bits per heavy atom. The average Bonchev–Trinajstić information content (AvgIpc) is 2.22. The van der Waals surface area contributed by atoms with Gasteiger partial charge in [0.1, 0.15) is 13.7 Å². The summed E-state index contributed by atoms with van der Waals surface area (Å²) in [5.74, 6) is 2.92. The lowest BCUT2D eigenvalue weighted by Crippen LogP contribution is -2.24. The van der Waals surface area contributed by atoms with Crippen LogP contribution >= 0.6 is 0 Å². The molecule has 0 unspecified atom stereocenters. The molecule has 0 saturated heterocycles. The third-order valence-corrected chi connectivity index (χ3v) is 3.30. The Bertz CT molecular complexity index is 563. The molecule has 0 saturated carbocycles. The van der Waals surface area contributed by atoms with Crippen molar-refractivity contribution >= 4 is 14.0 Å². The molecule has 0 fully saturated rings. The molecule has 20 heavy (non-hydrogen) atoms. The molecule has 2 nitrogen and oxygen atoms in total. The van der Waals surface area contributed by atoms with Crippen LogP contribution in [-0.4, -0.2) is 19.6 Å². The van der Waals surface area contributed by atoms with Gasteiger partial charge in [-0.2, -0.15) is 0 Å². The minimum atomic E-state index is -1.38. The monoisotopic (exact) mass is 288 g/mol. The van der Waals surface area contributed by atoms with Gasteiger partial charge in [-0.1, -0.05) is 25.6 Å². The standard InChI is InChI=1S/C17H24O2Si/c1-13-12-14(10-11-20(5,6)7)8-9-15(13)16(18)19-17(2,3)4/h8-9,12H,1-7H3. The smallest absolute Gasteiger partial charge is 0.338 e. The lowest BCUT2D eigenvalue weighted by Gasteiger charge is -2.20. The van der Waals surface area contributed by atoms with Gasteiger partial charge < -0.3 is 4.74 Å². The molecule has 0 N–H and O–H groups in total. The van der Waals surface area contributed by atoms with Crippen molar-refractivity contribution in [2.75, 3.05) is 0 Å². The van der Waals surface area contributed by atoms with Crippen LogP contribution in [0, 0.1) is 18.4 Å². The molecule has 0 atom stereocenters. The lowest BCUT2D eigenvalue weighted by molar-refractivity contribution is 0.00688. The molecule has 3 heteroatoms. The molecule has 1 aromatic rings.